The molecule has 9 heavy (non-hydrogen) atoms. The Balaban J connectivity index is 0.000000640. The molecule has 1 rings (SSSR count). The van der Waals surface area contributed by atoms with Crippen LogP contribution in [-0.2, 0) is 0 Å². The summed E-state index contributed by atoms with van der Waals surface area (Å²) in [6, 6.07) is 3.93. The maximum atomic E-state index is 3.61. The third kappa shape index (κ3) is 2.42. The van der Waals surface area contributed by atoms with Gasteiger partial charge in [-0.1, -0.05) is 12.7 Å². The van der Waals surface area contributed by atoms with Crippen LogP contribution in [0.3, 0.4) is 0 Å². The van der Waals surface area contributed by atoms with Gasteiger partial charge < -0.3 is 17.0 Å². The number of aromatic amines is 1. The minimum Gasteiger partial charge on any atom is -1.00 e. The van der Waals surface area contributed by atoms with Crippen LogP contribution in [-0.4, -0.2) is 0 Å². The highest BCUT2D eigenvalue weighted by atomic mass is 79.9. The number of H-pyrrole nitrogens is 1. The average molecular weight is 186 g/mol. The van der Waals surface area contributed by atoms with Crippen LogP contribution < -0.4 is 22.0 Å². The highest BCUT2D eigenvalue weighted by Crippen LogP contribution is 1.91. The quantitative estimate of drug-likeness (QED) is 0.488. The molecule has 0 aliphatic carbocycles. The summed E-state index contributed by atoms with van der Waals surface area (Å²) in [5.41, 5.74) is 1.12. The Labute approximate surface area is 65.2 Å². The second-order valence-electron chi connectivity index (χ2n) is 1.54. The van der Waals surface area contributed by atoms with Crippen molar-refractivity contribution < 1.29 is 22.0 Å². The van der Waals surface area contributed by atoms with Crippen molar-refractivity contribution in [3.63, 3.8) is 0 Å². The van der Waals surface area contributed by atoms with Gasteiger partial charge in [0.1, 0.15) is 0 Å². The van der Waals surface area contributed by atoms with Gasteiger partial charge in [0, 0.05) is 11.6 Å². The smallest absolute Gasteiger partial charge is 0.174 e. The van der Waals surface area contributed by atoms with E-state index in [-0.39, 0.29) is 17.0 Å². The molecular formula is C7H8BrN. The molecule has 1 aromatic heterocycles. The highest BCUT2D eigenvalue weighted by molar-refractivity contribution is 5.43. The molecule has 0 amide bonds. The first-order chi connectivity index (χ1) is 3.93. The highest BCUT2D eigenvalue weighted by Gasteiger charge is 1.82. The molecule has 48 valence electrons. The van der Waals surface area contributed by atoms with Gasteiger partial charge >= 0.3 is 0 Å². The summed E-state index contributed by atoms with van der Waals surface area (Å²) in [5.74, 6) is 0. The summed E-state index contributed by atoms with van der Waals surface area (Å²) in [4.78, 5) is 2.94. The molecule has 0 saturated carbocycles. The summed E-state index contributed by atoms with van der Waals surface area (Å²) in [6.07, 6.45) is 5.57. The van der Waals surface area contributed by atoms with Crippen LogP contribution in [0.2, 0.25) is 0 Å². The summed E-state index contributed by atoms with van der Waals surface area (Å²) < 4.78 is 0. The molecule has 0 atom stereocenters. The molecule has 0 aliphatic rings. The molecule has 2 heteroatoms. The van der Waals surface area contributed by atoms with Crippen LogP contribution in [0.15, 0.2) is 31.1 Å². The third-order valence-corrected chi connectivity index (χ3v) is 0.967. The average Bonchev–Trinajstić information content (AvgIpc) is 1.90. The van der Waals surface area contributed by atoms with Crippen molar-refractivity contribution in [1.29, 1.82) is 0 Å². The first-order valence-electron chi connectivity index (χ1n) is 2.52. The lowest BCUT2D eigenvalue weighted by atomic mass is 10.3. The molecule has 0 aromatic carbocycles. The second kappa shape index (κ2) is 4.27. The van der Waals surface area contributed by atoms with Gasteiger partial charge in [-0.05, 0) is 6.07 Å². The normalized spacial score (nSPS) is 7.56. The van der Waals surface area contributed by atoms with Gasteiger partial charge in [0.2, 0.25) is 0 Å². The van der Waals surface area contributed by atoms with E-state index in [4.69, 9.17) is 0 Å². The number of aromatic nitrogens is 1. The Kier molecular flexibility index (Phi) is 3.97. The Morgan fingerprint density at radius 3 is 2.67 bits per heavy atom. The van der Waals surface area contributed by atoms with Crippen molar-refractivity contribution in [2.24, 2.45) is 0 Å². The molecule has 1 heterocycles. The van der Waals surface area contributed by atoms with E-state index < -0.39 is 0 Å². The van der Waals surface area contributed by atoms with Crippen LogP contribution >= 0.6 is 0 Å². The Hall–Kier alpha value is -0.630. The number of hydrogen-bond acceptors (Lipinski definition) is 0. The van der Waals surface area contributed by atoms with Crippen LogP contribution in [0.4, 0.5) is 0 Å². The molecular weight excluding hydrogens is 178 g/mol. The Bertz CT molecular complexity index is 172. The van der Waals surface area contributed by atoms with Crippen LogP contribution in [0.1, 0.15) is 5.56 Å². The molecule has 0 unspecified atom stereocenters. The fourth-order valence-corrected chi connectivity index (χ4v) is 0.534. The van der Waals surface area contributed by atoms with E-state index in [1.54, 1.807) is 6.08 Å². The van der Waals surface area contributed by atoms with Crippen LogP contribution in [0.5, 0.6) is 0 Å². The molecule has 0 saturated heterocycles. The molecule has 0 fully saturated rings. The lowest BCUT2D eigenvalue weighted by Crippen LogP contribution is -3.00. The fraction of sp³-hybridized carbons (Fsp3) is 0. The number of halogens is 1. The monoisotopic (exact) mass is 185 g/mol. The molecule has 0 aliphatic heterocycles. The van der Waals surface area contributed by atoms with Gasteiger partial charge in [-0.2, -0.15) is 0 Å². The molecule has 0 spiro atoms. The number of hydrogen-bond donors (Lipinski definition) is 0. The van der Waals surface area contributed by atoms with Gasteiger partial charge in [-0.15, -0.1) is 0 Å². The maximum Gasteiger partial charge on any atom is 0.174 e. The largest absolute Gasteiger partial charge is 1.00 e. The summed E-state index contributed by atoms with van der Waals surface area (Å²) >= 11 is 0. The van der Waals surface area contributed by atoms with E-state index in [9.17, 15) is 0 Å². The van der Waals surface area contributed by atoms with Crippen molar-refractivity contribution in [2.75, 3.05) is 0 Å². The second-order valence-corrected chi connectivity index (χ2v) is 1.54. The van der Waals surface area contributed by atoms with E-state index in [0.717, 1.165) is 5.56 Å². The van der Waals surface area contributed by atoms with Crippen LogP contribution in [0, 0.1) is 0 Å². The summed E-state index contributed by atoms with van der Waals surface area (Å²) in [7, 11) is 0. The minimum absolute atomic E-state index is 0. The van der Waals surface area contributed by atoms with Crippen molar-refractivity contribution in [2.45, 2.75) is 0 Å². The molecule has 0 bridgehead atoms. The van der Waals surface area contributed by atoms with Gasteiger partial charge in [-0.3, -0.25) is 0 Å². The topological polar surface area (TPSA) is 14.1 Å². The maximum absolute atomic E-state index is 3.61. The van der Waals surface area contributed by atoms with Crippen LogP contribution in [0.25, 0.3) is 6.08 Å². The number of pyridine rings is 1. The molecule has 0 radical (unpaired) electrons. The van der Waals surface area contributed by atoms with Gasteiger partial charge in [0.25, 0.3) is 0 Å². The van der Waals surface area contributed by atoms with E-state index in [2.05, 4.69) is 11.6 Å². The zero-order valence-electron chi connectivity index (χ0n) is 4.97. The first kappa shape index (κ1) is 8.37. The van der Waals surface area contributed by atoms with Crippen molar-refractivity contribution in [3.8, 4) is 0 Å². The predicted molar refractivity (Wildman–Crippen MR) is 33.1 cm³/mol. The first-order valence-corrected chi connectivity index (χ1v) is 2.52. The zero-order chi connectivity index (χ0) is 5.82. The van der Waals surface area contributed by atoms with Gasteiger partial charge in [0.05, 0.1) is 0 Å². The van der Waals surface area contributed by atoms with Crippen molar-refractivity contribution in [3.05, 3.63) is 36.7 Å². The van der Waals surface area contributed by atoms with Crippen molar-refractivity contribution >= 4 is 6.08 Å². The molecule has 1 N–H and O–H groups in total. The molecule has 1 nitrogen and oxygen atoms in total. The Morgan fingerprint density at radius 2 is 2.33 bits per heavy atom. The van der Waals surface area contributed by atoms with E-state index in [0.29, 0.717) is 0 Å². The third-order valence-electron chi connectivity index (χ3n) is 0.967. The Morgan fingerprint density at radius 1 is 1.56 bits per heavy atom. The number of rotatable bonds is 1. The number of nitrogens with one attached hydrogen (secondary N) is 1. The lowest BCUT2D eigenvalue weighted by Gasteiger charge is -1.79. The molecule has 1 aromatic rings. The van der Waals surface area contributed by atoms with E-state index in [1.807, 2.05) is 24.5 Å². The van der Waals surface area contributed by atoms with E-state index >= 15 is 0 Å². The summed E-state index contributed by atoms with van der Waals surface area (Å²) in [6.45, 7) is 3.61. The standard InChI is InChI=1S/C7H7N.BrH/c1-2-7-4-3-5-8-6-7;/h2-6H,1H2;1H. The van der Waals surface area contributed by atoms with Crippen molar-refractivity contribution in [1.82, 2.24) is 0 Å². The lowest BCUT2D eigenvalue weighted by molar-refractivity contribution is -0.378. The summed E-state index contributed by atoms with van der Waals surface area (Å²) in [5, 5.41) is 0. The van der Waals surface area contributed by atoms with E-state index in [1.165, 1.54) is 0 Å². The van der Waals surface area contributed by atoms with Gasteiger partial charge in [0.15, 0.2) is 12.4 Å². The van der Waals surface area contributed by atoms with Gasteiger partial charge in [-0.25, -0.2) is 4.98 Å². The SMILES string of the molecule is C=Cc1ccc[nH+]c1.[Br-]. The zero-order valence-corrected chi connectivity index (χ0v) is 6.56. The minimum atomic E-state index is 0. The predicted octanol–water partition coefficient (Wildman–Crippen LogP) is -1.85. The fourth-order valence-electron chi connectivity index (χ4n) is 0.534.